The molecule has 1 saturated carbocycles. The fraction of sp³-hybridized carbons (Fsp3) is 0.533. The van der Waals surface area contributed by atoms with E-state index in [9.17, 15) is 0 Å². The van der Waals surface area contributed by atoms with E-state index in [1.54, 1.807) is 0 Å². The molecular weight excluding hydrogens is 429 g/mol. The minimum absolute atomic E-state index is 0. The topological polar surface area (TPSA) is 50.4 Å². The Balaban J connectivity index is 0.00000200. The van der Waals surface area contributed by atoms with Crippen LogP contribution >= 0.6 is 39.9 Å². The average molecular weight is 452 g/mol. The minimum Gasteiger partial charge on any atom is -0.370 e. The van der Waals surface area contributed by atoms with Crippen molar-refractivity contribution in [3.8, 4) is 0 Å². The smallest absolute Gasteiger partial charge is 0.188 e. The van der Waals surface area contributed by atoms with Crippen LogP contribution < -0.4 is 11.1 Å². The molecule has 0 unspecified atom stereocenters. The van der Waals surface area contributed by atoms with E-state index >= 15 is 0 Å². The van der Waals surface area contributed by atoms with Crippen LogP contribution in [0.3, 0.4) is 0 Å². The number of benzene rings is 1. The summed E-state index contributed by atoms with van der Waals surface area (Å²) in [5.74, 6) is 0.572. The maximum Gasteiger partial charge on any atom is 0.188 e. The van der Waals surface area contributed by atoms with Crippen LogP contribution in [-0.4, -0.2) is 19.0 Å². The Morgan fingerprint density at radius 1 is 1.45 bits per heavy atom. The van der Waals surface area contributed by atoms with Gasteiger partial charge in [-0.3, -0.25) is 4.99 Å². The summed E-state index contributed by atoms with van der Waals surface area (Å²) in [5, 5.41) is 3.13. The van der Waals surface area contributed by atoms with Gasteiger partial charge in [0.15, 0.2) is 5.96 Å². The lowest BCUT2D eigenvalue weighted by molar-refractivity contribution is 0.253. The molecule has 20 heavy (non-hydrogen) atoms. The Bertz CT molecular complexity index is 458. The molecule has 0 aliphatic heterocycles. The predicted octanol–water partition coefficient (Wildman–Crippen LogP) is 3.80. The molecule has 0 saturated heterocycles. The minimum atomic E-state index is 0. The summed E-state index contributed by atoms with van der Waals surface area (Å²) in [6.45, 7) is 3.79. The second kappa shape index (κ2) is 8.22. The number of nitrogens with zero attached hydrogens (tertiary/aromatic N) is 1. The molecule has 1 aliphatic carbocycles. The van der Waals surface area contributed by atoms with Crippen molar-refractivity contribution in [2.45, 2.75) is 38.0 Å². The molecule has 0 bridgehead atoms. The highest BCUT2D eigenvalue weighted by Crippen LogP contribution is 2.44. The molecule has 1 aromatic rings. The zero-order chi connectivity index (χ0) is 13.7. The lowest BCUT2D eigenvalue weighted by Crippen LogP contribution is -2.40. The zero-order valence-corrected chi connectivity index (χ0v) is 15.8. The van der Waals surface area contributed by atoms with Gasteiger partial charge >= 0.3 is 0 Å². The number of hydrogen-bond donors (Lipinski definition) is 2. The molecule has 112 valence electrons. The van der Waals surface area contributed by atoms with E-state index in [0.29, 0.717) is 5.96 Å². The van der Waals surface area contributed by atoms with E-state index in [4.69, 9.17) is 5.73 Å². The van der Waals surface area contributed by atoms with Gasteiger partial charge in [-0.15, -0.1) is 24.0 Å². The third kappa shape index (κ3) is 4.35. The van der Waals surface area contributed by atoms with Gasteiger partial charge < -0.3 is 11.1 Å². The van der Waals surface area contributed by atoms with Crippen LogP contribution in [0.4, 0.5) is 0 Å². The first kappa shape index (κ1) is 17.8. The number of rotatable bonds is 5. The van der Waals surface area contributed by atoms with Crippen LogP contribution in [0.5, 0.6) is 0 Å². The summed E-state index contributed by atoms with van der Waals surface area (Å²) < 4.78 is 1.14. The maximum atomic E-state index is 5.88. The van der Waals surface area contributed by atoms with Gasteiger partial charge in [-0.05, 0) is 37.0 Å². The molecular formula is C15H23BrIN3. The van der Waals surface area contributed by atoms with Crippen molar-refractivity contribution in [1.82, 2.24) is 5.32 Å². The van der Waals surface area contributed by atoms with Crippen LogP contribution in [-0.2, 0) is 5.41 Å². The fourth-order valence-corrected chi connectivity index (χ4v) is 2.90. The number of guanidine groups is 1. The number of nitrogens with one attached hydrogen (secondary N) is 1. The molecule has 1 aromatic carbocycles. The van der Waals surface area contributed by atoms with Crippen molar-refractivity contribution >= 4 is 45.9 Å². The van der Waals surface area contributed by atoms with Crippen LogP contribution in [0, 0.1) is 0 Å². The van der Waals surface area contributed by atoms with Gasteiger partial charge in [-0.25, -0.2) is 0 Å². The molecule has 3 nitrogen and oxygen atoms in total. The van der Waals surface area contributed by atoms with Crippen molar-refractivity contribution in [3.05, 3.63) is 34.3 Å². The molecule has 0 aromatic heterocycles. The molecule has 1 aliphatic rings. The van der Waals surface area contributed by atoms with Crippen LogP contribution in [0.25, 0.3) is 0 Å². The molecule has 0 amide bonds. The molecule has 1 fully saturated rings. The summed E-state index contributed by atoms with van der Waals surface area (Å²) in [5.41, 5.74) is 7.46. The summed E-state index contributed by atoms with van der Waals surface area (Å²) in [7, 11) is 0. The largest absolute Gasteiger partial charge is 0.370 e. The highest BCUT2D eigenvalue weighted by Gasteiger charge is 2.38. The highest BCUT2D eigenvalue weighted by atomic mass is 127. The van der Waals surface area contributed by atoms with Crippen LogP contribution in [0.1, 0.15) is 38.2 Å². The Hall–Kier alpha value is -0.300. The SMILES string of the molecule is CCCNC(N)=NCC1(c2cccc(Br)c2)CCC1.I. The summed E-state index contributed by atoms with van der Waals surface area (Å²) in [4.78, 5) is 4.53. The van der Waals surface area contributed by atoms with E-state index in [2.05, 4.69) is 57.4 Å². The third-order valence-corrected chi connectivity index (χ3v) is 4.35. The van der Waals surface area contributed by atoms with Crippen LogP contribution in [0.15, 0.2) is 33.7 Å². The summed E-state index contributed by atoms with van der Waals surface area (Å²) >= 11 is 3.55. The molecule has 0 radical (unpaired) electrons. The van der Waals surface area contributed by atoms with E-state index in [-0.39, 0.29) is 29.4 Å². The van der Waals surface area contributed by atoms with E-state index in [1.165, 1.54) is 24.8 Å². The molecule has 3 N–H and O–H groups in total. The van der Waals surface area contributed by atoms with Gasteiger partial charge in [0.05, 0.1) is 6.54 Å². The monoisotopic (exact) mass is 451 g/mol. The normalized spacial score (nSPS) is 17.0. The average Bonchev–Trinajstić information content (AvgIpc) is 2.35. The number of aliphatic imine (C=N–C) groups is 1. The Kier molecular flexibility index (Phi) is 7.29. The molecule has 0 heterocycles. The van der Waals surface area contributed by atoms with Gasteiger partial charge in [-0.1, -0.05) is 41.4 Å². The number of halogens is 2. The number of hydrogen-bond acceptors (Lipinski definition) is 1. The van der Waals surface area contributed by atoms with E-state index < -0.39 is 0 Å². The Morgan fingerprint density at radius 2 is 2.20 bits per heavy atom. The molecule has 0 spiro atoms. The van der Waals surface area contributed by atoms with Crippen molar-refractivity contribution in [2.75, 3.05) is 13.1 Å². The first-order valence-electron chi connectivity index (χ1n) is 6.96. The van der Waals surface area contributed by atoms with Crippen molar-refractivity contribution in [2.24, 2.45) is 10.7 Å². The zero-order valence-electron chi connectivity index (χ0n) is 11.9. The second-order valence-corrected chi connectivity index (χ2v) is 6.19. The quantitative estimate of drug-likeness (QED) is 0.406. The maximum absolute atomic E-state index is 5.88. The van der Waals surface area contributed by atoms with Crippen molar-refractivity contribution in [1.29, 1.82) is 0 Å². The lowest BCUT2D eigenvalue weighted by atomic mass is 9.64. The Morgan fingerprint density at radius 3 is 2.75 bits per heavy atom. The first-order valence-corrected chi connectivity index (χ1v) is 7.75. The lowest BCUT2D eigenvalue weighted by Gasteiger charge is -2.41. The Labute approximate surface area is 147 Å². The molecule has 0 atom stereocenters. The molecule has 2 rings (SSSR count). The predicted molar refractivity (Wildman–Crippen MR) is 99.9 cm³/mol. The molecule has 5 heteroatoms. The standard InChI is InChI=1S/C15H22BrN3.HI/c1-2-9-18-14(17)19-11-15(7-4-8-15)12-5-3-6-13(16)10-12;/h3,5-6,10H,2,4,7-9,11H2,1H3,(H3,17,18,19);1H. The van der Waals surface area contributed by atoms with E-state index in [0.717, 1.165) is 24.0 Å². The van der Waals surface area contributed by atoms with Gasteiger partial charge in [0, 0.05) is 16.4 Å². The van der Waals surface area contributed by atoms with E-state index in [1.807, 2.05) is 0 Å². The number of nitrogens with two attached hydrogens (primary N) is 1. The van der Waals surface area contributed by atoms with Crippen molar-refractivity contribution < 1.29 is 0 Å². The van der Waals surface area contributed by atoms with Crippen LogP contribution in [0.2, 0.25) is 0 Å². The second-order valence-electron chi connectivity index (χ2n) is 5.27. The first-order chi connectivity index (χ1) is 9.16. The van der Waals surface area contributed by atoms with Gasteiger partial charge in [-0.2, -0.15) is 0 Å². The van der Waals surface area contributed by atoms with Gasteiger partial charge in [0.1, 0.15) is 0 Å². The fourth-order valence-electron chi connectivity index (χ4n) is 2.51. The van der Waals surface area contributed by atoms with Crippen molar-refractivity contribution in [3.63, 3.8) is 0 Å². The summed E-state index contributed by atoms with van der Waals surface area (Å²) in [6, 6.07) is 8.58. The highest BCUT2D eigenvalue weighted by molar-refractivity contribution is 14.0. The summed E-state index contributed by atoms with van der Waals surface area (Å²) in [6.07, 6.45) is 4.75. The third-order valence-electron chi connectivity index (χ3n) is 3.86. The van der Waals surface area contributed by atoms with Gasteiger partial charge in [0.2, 0.25) is 0 Å². The van der Waals surface area contributed by atoms with Gasteiger partial charge in [0.25, 0.3) is 0 Å².